The van der Waals surface area contributed by atoms with Crippen LogP contribution in [-0.4, -0.2) is 63.4 Å². The molecule has 2 aliphatic carbocycles. The topological polar surface area (TPSA) is 120 Å². The molecule has 0 spiro atoms. The molecule has 2 atom stereocenters. The Labute approximate surface area is 303 Å². The van der Waals surface area contributed by atoms with E-state index in [1.165, 1.54) is 9.80 Å². The van der Waals surface area contributed by atoms with Gasteiger partial charge in [0, 0.05) is 48.7 Å². The summed E-state index contributed by atoms with van der Waals surface area (Å²) in [7, 11) is 0. The smallest absolute Gasteiger partial charge is 1.00 e. The molecule has 11 nitrogen and oxygen atoms in total. The first-order chi connectivity index (χ1) is 20.3. The molecule has 0 radical (unpaired) electrons. The quantitative estimate of drug-likeness (QED) is 0.254. The number of pyridine rings is 2. The first kappa shape index (κ1) is 34.5. The van der Waals surface area contributed by atoms with Crippen LogP contribution in [0.3, 0.4) is 0 Å². The second-order valence-electron chi connectivity index (χ2n) is 11.5. The molecule has 2 amide bonds. The van der Waals surface area contributed by atoms with E-state index in [-0.39, 0.29) is 86.0 Å². The molecule has 2 fully saturated rings. The average molecular weight is 623 g/mol. The Balaban J connectivity index is 0.00000184. The zero-order valence-corrected chi connectivity index (χ0v) is 29.7. The van der Waals surface area contributed by atoms with Crippen LogP contribution >= 0.6 is 0 Å². The van der Waals surface area contributed by atoms with E-state index in [1.807, 2.05) is 26.0 Å². The molecule has 13 heteroatoms. The molecule has 2 aromatic rings. The van der Waals surface area contributed by atoms with Crippen LogP contribution < -0.4 is 68.6 Å². The van der Waals surface area contributed by atoms with Gasteiger partial charge in [-0.15, -0.1) is 0 Å². The molecule has 2 aromatic heterocycles. The molecule has 6 rings (SSSR count). The van der Waals surface area contributed by atoms with Gasteiger partial charge in [-0.2, -0.15) is 0 Å². The number of nitrogens with zero attached hydrogens (tertiary/aromatic N) is 4. The molecule has 4 aliphatic rings. The molecule has 0 N–H and O–H groups in total. The number of hydrogen-bond acceptors (Lipinski definition) is 9. The van der Waals surface area contributed by atoms with E-state index in [9.17, 15) is 14.4 Å². The van der Waals surface area contributed by atoms with Crippen LogP contribution in [-0.2, 0) is 9.47 Å². The second-order valence-corrected chi connectivity index (χ2v) is 11.5. The third-order valence-corrected chi connectivity index (χ3v) is 7.46. The van der Waals surface area contributed by atoms with Crippen LogP contribution in [0.5, 0.6) is 11.8 Å². The Morgan fingerprint density at radius 1 is 0.727 bits per heavy atom. The van der Waals surface area contributed by atoms with Crippen molar-refractivity contribution in [3.05, 3.63) is 59.9 Å². The summed E-state index contributed by atoms with van der Waals surface area (Å²) in [6.07, 6.45) is 9.68. The summed E-state index contributed by atoms with van der Waals surface area (Å²) in [6, 6.07) is 7.09. The molecule has 2 saturated carbocycles. The third-order valence-electron chi connectivity index (χ3n) is 7.46. The van der Waals surface area contributed by atoms with Gasteiger partial charge < -0.3 is 21.8 Å². The predicted molar refractivity (Wildman–Crippen MR) is 153 cm³/mol. The summed E-state index contributed by atoms with van der Waals surface area (Å²) in [5.41, 5.74) is 2.59. The molecule has 2 aliphatic heterocycles. The van der Waals surface area contributed by atoms with Gasteiger partial charge in [0.05, 0.1) is 11.4 Å². The maximum absolute atomic E-state index is 13.2. The van der Waals surface area contributed by atoms with Gasteiger partial charge >= 0.3 is 77.5 Å². The Hall–Kier alpha value is -2.41. The first-order valence-corrected chi connectivity index (χ1v) is 14.5. The molecule has 4 heterocycles. The molecule has 0 bridgehead atoms. The standard InChI is InChI=1S/C31H34N4O7.2Na.2H/c1-19-3-9-25(21-11-13-32-27(15-21)39-23-5-6-23)34(17-19)29(36)41-31(38)42-30(37)35-18-20(2)4-10-26(35)22-12-14-33-28(16-22)40-24-7-8-24;;;;/h9-16,19-20,23-24H,3-8,17-18H2,1-2H3;;;;/q;2*+1;2*-1/t19-,20-;;;;/m0..../s1. The van der Waals surface area contributed by atoms with Crippen LogP contribution in [0.25, 0.3) is 11.4 Å². The fourth-order valence-corrected chi connectivity index (χ4v) is 4.96. The Bertz CT molecular complexity index is 1350. The maximum atomic E-state index is 13.2. The zero-order chi connectivity index (χ0) is 29.2. The Morgan fingerprint density at radius 3 is 1.52 bits per heavy atom. The zero-order valence-electron chi connectivity index (χ0n) is 27.7. The number of amides is 2. The SMILES string of the molecule is C[C@H]1CC=C(c2ccnc(OC3CC3)c2)N(C(=O)OC(=O)OC(=O)N2C[C@@H](C)CC=C2c2ccnc(OC3CC3)c2)C1.[H-].[H-].[Na+].[Na+]. The van der Waals surface area contributed by atoms with Crippen molar-refractivity contribution in [3.63, 3.8) is 0 Å². The summed E-state index contributed by atoms with van der Waals surface area (Å²) in [5.74, 6) is 1.24. The maximum Gasteiger partial charge on any atom is 1.00 e. The van der Waals surface area contributed by atoms with Crippen molar-refractivity contribution in [1.82, 2.24) is 19.8 Å². The van der Waals surface area contributed by atoms with E-state index in [0.717, 1.165) is 38.5 Å². The molecule has 0 saturated heterocycles. The first-order valence-electron chi connectivity index (χ1n) is 14.5. The Morgan fingerprint density at radius 2 is 1.14 bits per heavy atom. The van der Waals surface area contributed by atoms with Crippen molar-refractivity contribution in [1.29, 1.82) is 0 Å². The molecule has 0 aromatic carbocycles. The van der Waals surface area contributed by atoms with Gasteiger partial charge in [0.15, 0.2) is 0 Å². The monoisotopic (exact) mass is 622 g/mol. The molecular weight excluding hydrogens is 586 g/mol. The van der Waals surface area contributed by atoms with Gasteiger partial charge in [0.25, 0.3) is 0 Å². The minimum Gasteiger partial charge on any atom is -1.00 e. The van der Waals surface area contributed by atoms with Crippen molar-refractivity contribution >= 4 is 29.7 Å². The number of allylic oxidation sites excluding steroid dienone is 2. The fourth-order valence-electron chi connectivity index (χ4n) is 4.96. The summed E-state index contributed by atoms with van der Waals surface area (Å²) >= 11 is 0. The van der Waals surface area contributed by atoms with Crippen molar-refractivity contribution in [2.24, 2.45) is 11.8 Å². The van der Waals surface area contributed by atoms with Crippen LogP contribution in [0.1, 0.15) is 66.4 Å². The summed E-state index contributed by atoms with van der Waals surface area (Å²) < 4.78 is 21.7. The number of ether oxygens (including phenoxy) is 4. The number of rotatable bonds is 6. The summed E-state index contributed by atoms with van der Waals surface area (Å²) in [4.78, 5) is 50.4. The van der Waals surface area contributed by atoms with Gasteiger partial charge in [-0.25, -0.2) is 24.4 Å². The number of carbonyl (C=O) groups excluding carboxylic acids is 3. The molecule has 224 valence electrons. The van der Waals surface area contributed by atoms with E-state index >= 15 is 0 Å². The van der Waals surface area contributed by atoms with Crippen molar-refractivity contribution < 1.29 is 95.3 Å². The van der Waals surface area contributed by atoms with Gasteiger partial charge in [0.1, 0.15) is 12.2 Å². The van der Waals surface area contributed by atoms with Crippen molar-refractivity contribution in [2.45, 2.75) is 64.6 Å². The molecule has 0 unspecified atom stereocenters. The van der Waals surface area contributed by atoms with Crippen LogP contribution in [0, 0.1) is 11.8 Å². The van der Waals surface area contributed by atoms with Crippen LogP contribution in [0.4, 0.5) is 14.4 Å². The number of hydrogen-bond donors (Lipinski definition) is 0. The van der Waals surface area contributed by atoms with Crippen molar-refractivity contribution in [2.75, 3.05) is 13.1 Å². The van der Waals surface area contributed by atoms with Crippen LogP contribution in [0.15, 0.2) is 48.8 Å². The minimum atomic E-state index is -1.39. The van der Waals surface area contributed by atoms with E-state index in [2.05, 4.69) is 9.97 Å². The van der Waals surface area contributed by atoms with Gasteiger partial charge in [-0.1, -0.05) is 26.0 Å². The number of aromatic nitrogens is 2. The summed E-state index contributed by atoms with van der Waals surface area (Å²) in [5, 5.41) is 0. The van der Waals surface area contributed by atoms with Gasteiger partial charge in [0.2, 0.25) is 11.8 Å². The fraction of sp³-hybridized carbons (Fsp3) is 0.452. The van der Waals surface area contributed by atoms with Gasteiger partial charge in [-0.3, -0.25) is 9.80 Å². The van der Waals surface area contributed by atoms with E-state index < -0.39 is 18.3 Å². The third kappa shape index (κ3) is 8.86. The predicted octanol–water partition coefficient (Wildman–Crippen LogP) is 0.251. The van der Waals surface area contributed by atoms with Crippen molar-refractivity contribution in [3.8, 4) is 11.8 Å². The largest absolute Gasteiger partial charge is 1.00 e. The van der Waals surface area contributed by atoms with E-state index in [4.69, 9.17) is 18.9 Å². The second kappa shape index (κ2) is 15.2. The molecular formula is C31H36N4Na2O7. The normalized spacial score (nSPS) is 21.0. The van der Waals surface area contributed by atoms with E-state index in [0.29, 0.717) is 47.4 Å². The minimum absolute atomic E-state index is 0. The van der Waals surface area contributed by atoms with Crippen LogP contribution in [0.2, 0.25) is 0 Å². The number of carbonyl (C=O) groups is 3. The van der Waals surface area contributed by atoms with E-state index in [1.54, 1.807) is 36.7 Å². The average Bonchev–Trinajstić information content (AvgIpc) is 3.91. The molecule has 44 heavy (non-hydrogen) atoms. The van der Waals surface area contributed by atoms with Gasteiger partial charge in [-0.05, 0) is 62.5 Å². The Kier molecular flexibility index (Phi) is 11.9. The summed E-state index contributed by atoms with van der Waals surface area (Å²) in [6.45, 7) is 4.65.